The standard InChI is InChI=1S/C14H15N3O3S/c15-8-10-3-5-11(6-4-10)20-9-13(18)16-17-14(19)12-2-1-7-21-12/h1-7H,8-9,15H2,(H,16,18)(H,17,19). The lowest BCUT2D eigenvalue weighted by Gasteiger charge is -2.08. The van der Waals surface area contributed by atoms with Gasteiger partial charge in [0.1, 0.15) is 5.75 Å². The third-order valence-corrected chi connectivity index (χ3v) is 3.46. The largest absolute Gasteiger partial charge is 0.484 e. The lowest BCUT2D eigenvalue weighted by atomic mass is 10.2. The minimum atomic E-state index is -0.442. The summed E-state index contributed by atoms with van der Waals surface area (Å²) in [6, 6.07) is 10.5. The van der Waals surface area contributed by atoms with Crippen molar-refractivity contribution in [3.05, 3.63) is 52.2 Å². The van der Waals surface area contributed by atoms with Gasteiger partial charge in [-0.05, 0) is 29.1 Å². The number of carbonyl (C=O) groups excluding carboxylic acids is 2. The molecule has 0 atom stereocenters. The first-order valence-electron chi connectivity index (χ1n) is 6.23. The SMILES string of the molecule is NCc1ccc(OCC(=O)NNC(=O)c2cccs2)cc1. The maximum atomic E-state index is 11.6. The summed E-state index contributed by atoms with van der Waals surface area (Å²) in [6.45, 7) is 0.266. The van der Waals surface area contributed by atoms with Crippen LogP contribution in [0.5, 0.6) is 5.75 Å². The van der Waals surface area contributed by atoms with Crippen molar-refractivity contribution in [1.82, 2.24) is 10.9 Å². The first-order chi connectivity index (χ1) is 10.2. The molecule has 4 N–H and O–H groups in total. The molecule has 2 aromatic rings. The molecular weight excluding hydrogens is 290 g/mol. The summed E-state index contributed by atoms with van der Waals surface area (Å²) in [4.78, 5) is 23.7. The Kier molecular flexibility index (Phi) is 5.30. The minimum absolute atomic E-state index is 0.188. The molecule has 1 aromatic heterocycles. The summed E-state index contributed by atoms with van der Waals surface area (Å²) in [7, 11) is 0. The van der Waals surface area contributed by atoms with Crippen LogP contribution in [0.1, 0.15) is 15.2 Å². The Morgan fingerprint density at radius 2 is 1.90 bits per heavy atom. The molecule has 0 aliphatic heterocycles. The second kappa shape index (κ2) is 7.41. The van der Waals surface area contributed by atoms with E-state index < -0.39 is 5.91 Å². The minimum Gasteiger partial charge on any atom is -0.484 e. The topological polar surface area (TPSA) is 93.4 Å². The summed E-state index contributed by atoms with van der Waals surface area (Å²) >= 11 is 1.29. The van der Waals surface area contributed by atoms with Gasteiger partial charge in [-0.25, -0.2) is 0 Å². The zero-order valence-electron chi connectivity index (χ0n) is 11.2. The van der Waals surface area contributed by atoms with E-state index in [1.165, 1.54) is 11.3 Å². The number of rotatable bonds is 5. The quantitative estimate of drug-likeness (QED) is 0.720. The molecule has 0 saturated heterocycles. The molecule has 0 saturated carbocycles. The van der Waals surface area contributed by atoms with E-state index in [1.807, 2.05) is 12.1 Å². The van der Waals surface area contributed by atoms with Crippen LogP contribution in [0.15, 0.2) is 41.8 Å². The van der Waals surface area contributed by atoms with E-state index in [0.717, 1.165) is 5.56 Å². The smallest absolute Gasteiger partial charge is 0.279 e. The number of hydrazine groups is 1. The van der Waals surface area contributed by atoms with Crippen LogP contribution in [0.2, 0.25) is 0 Å². The van der Waals surface area contributed by atoms with Crippen molar-refractivity contribution in [2.45, 2.75) is 6.54 Å². The Hall–Kier alpha value is -2.38. The zero-order valence-corrected chi connectivity index (χ0v) is 12.0. The summed E-state index contributed by atoms with van der Waals surface area (Å²) < 4.78 is 5.29. The van der Waals surface area contributed by atoms with E-state index in [-0.39, 0.29) is 12.5 Å². The van der Waals surface area contributed by atoms with Crippen LogP contribution < -0.4 is 21.3 Å². The fourth-order valence-corrected chi connectivity index (χ4v) is 2.12. The zero-order chi connectivity index (χ0) is 15.1. The van der Waals surface area contributed by atoms with Crippen LogP contribution in [0.25, 0.3) is 0 Å². The van der Waals surface area contributed by atoms with Gasteiger partial charge in [-0.1, -0.05) is 18.2 Å². The average molecular weight is 305 g/mol. The van der Waals surface area contributed by atoms with E-state index in [0.29, 0.717) is 17.2 Å². The van der Waals surface area contributed by atoms with Crippen LogP contribution in [-0.2, 0) is 11.3 Å². The summed E-state index contributed by atoms with van der Waals surface area (Å²) in [5.41, 5.74) is 11.1. The normalized spacial score (nSPS) is 9.95. The van der Waals surface area contributed by atoms with Crippen molar-refractivity contribution in [2.75, 3.05) is 6.61 Å². The van der Waals surface area contributed by atoms with Crippen molar-refractivity contribution in [3.63, 3.8) is 0 Å². The number of hydrogen-bond acceptors (Lipinski definition) is 5. The van der Waals surface area contributed by atoms with Gasteiger partial charge in [0.05, 0.1) is 4.88 Å². The highest BCUT2D eigenvalue weighted by Crippen LogP contribution is 2.11. The monoisotopic (exact) mass is 305 g/mol. The van der Waals surface area contributed by atoms with Gasteiger partial charge in [0.25, 0.3) is 11.8 Å². The number of ether oxygens (including phenoxy) is 1. The predicted octanol–water partition coefficient (Wildman–Crippen LogP) is 1.05. The van der Waals surface area contributed by atoms with Gasteiger partial charge in [0.15, 0.2) is 6.61 Å². The molecule has 6 nitrogen and oxygen atoms in total. The Morgan fingerprint density at radius 1 is 1.14 bits per heavy atom. The Balaban J connectivity index is 1.73. The molecule has 0 unspecified atom stereocenters. The van der Waals surface area contributed by atoms with Crippen molar-refractivity contribution in [3.8, 4) is 5.75 Å². The third kappa shape index (κ3) is 4.59. The fourth-order valence-electron chi connectivity index (χ4n) is 1.50. The Labute approximate surface area is 125 Å². The second-order valence-electron chi connectivity index (χ2n) is 4.12. The molecular formula is C14H15N3O3S. The maximum Gasteiger partial charge on any atom is 0.279 e. The molecule has 1 heterocycles. The highest BCUT2D eigenvalue weighted by molar-refractivity contribution is 7.12. The molecule has 21 heavy (non-hydrogen) atoms. The first-order valence-corrected chi connectivity index (χ1v) is 7.11. The van der Waals surface area contributed by atoms with Gasteiger partial charge in [-0.2, -0.15) is 0 Å². The average Bonchev–Trinajstić information content (AvgIpc) is 3.05. The lowest BCUT2D eigenvalue weighted by molar-refractivity contribution is -0.123. The van der Waals surface area contributed by atoms with Gasteiger partial charge in [-0.15, -0.1) is 11.3 Å². The summed E-state index contributed by atoms with van der Waals surface area (Å²) in [5, 5.41) is 1.78. The summed E-state index contributed by atoms with van der Waals surface area (Å²) in [6.07, 6.45) is 0. The van der Waals surface area contributed by atoms with E-state index in [9.17, 15) is 9.59 Å². The Bertz CT molecular complexity index is 596. The van der Waals surface area contributed by atoms with Crippen LogP contribution in [0, 0.1) is 0 Å². The maximum absolute atomic E-state index is 11.6. The molecule has 110 valence electrons. The number of amides is 2. The number of thiophene rings is 1. The first kappa shape index (κ1) is 15.0. The molecule has 0 radical (unpaired) electrons. The van der Waals surface area contributed by atoms with Crippen molar-refractivity contribution in [2.24, 2.45) is 5.73 Å². The highest BCUT2D eigenvalue weighted by atomic mass is 32.1. The molecule has 0 fully saturated rings. The van der Waals surface area contributed by atoms with Crippen molar-refractivity contribution in [1.29, 1.82) is 0 Å². The van der Waals surface area contributed by atoms with Gasteiger partial charge in [0.2, 0.25) is 0 Å². The van der Waals surface area contributed by atoms with Crippen LogP contribution in [0.4, 0.5) is 0 Å². The second-order valence-corrected chi connectivity index (χ2v) is 5.06. The molecule has 0 bridgehead atoms. The predicted molar refractivity (Wildman–Crippen MR) is 79.8 cm³/mol. The third-order valence-electron chi connectivity index (χ3n) is 2.59. The van der Waals surface area contributed by atoms with Gasteiger partial charge in [-0.3, -0.25) is 20.4 Å². The van der Waals surface area contributed by atoms with Crippen molar-refractivity contribution >= 4 is 23.2 Å². The van der Waals surface area contributed by atoms with Gasteiger partial charge in [0, 0.05) is 6.54 Å². The van der Waals surface area contributed by atoms with E-state index in [4.69, 9.17) is 10.5 Å². The number of nitrogens with two attached hydrogens (primary N) is 1. The highest BCUT2D eigenvalue weighted by Gasteiger charge is 2.08. The molecule has 0 spiro atoms. The molecule has 2 amide bonds. The lowest BCUT2D eigenvalue weighted by Crippen LogP contribution is -2.43. The van der Waals surface area contributed by atoms with Gasteiger partial charge >= 0.3 is 0 Å². The van der Waals surface area contributed by atoms with Crippen LogP contribution in [0.3, 0.4) is 0 Å². The number of hydrogen-bond donors (Lipinski definition) is 3. The fraction of sp³-hybridized carbons (Fsp3) is 0.143. The Morgan fingerprint density at radius 3 is 2.52 bits per heavy atom. The molecule has 0 aliphatic rings. The van der Waals surface area contributed by atoms with Crippen LogP contribution >= 0.6 is 11.3 Å². The molecule has 1 aromatic carbocycles. The molecule has 7 heteroatoms. The number of carbonyl (C=O) groups is 2. The van der Waals surface area contributed by atoms with Gasteiger partial charge < -0.3 is 10.5 Å². The van der Waals surface area contributed by atoms with E-state index in [2.05, 4.69) is 10.9 Å². The van der Waals surface area contributed by atoms with E-state index in [1.54, 1.807) is 29.6 Å². The van der Waals surface area contributed by atoms with Crippen molar-refractivity contribution < 1.29 is 14.3 Å². The summed E-state index contributed by atoms with van der Waals surface area (Å²) in [5.74, 6) is -0.236. The van der Waals surface area contributed by atoms with Crippen LogP contribution in [-0.4, -0.2) is 18.4 Å². The number of nitrogens with one attached hydrogen (secondary N) is 2. The molecule has 0 aliphatic carbocycles. The number of benzene rings is 1. The molecule has 2 rings (SSSR count). The van der Waals surface area contributed by atoms with E-state index >= 15 is 0 Å².